The SMILES string of the molecule is CC(C)(C)OC(=O)N1CC(C(=O)N2C[C@H]3C[C@H]2CN3CCOc2ccc(Oc3nc4ccccc4s3)cc2)C1. The van der Waals surface area contributed by atoms with E-state index < -0.39 is 5.60 Å². The van der Waals surface area contributed by atoms with Crippen LogP contribution in [-0.4, -0.2) is 88.7 Å². The first-order valence-corrected chi connectivity index (χ1v) is 14.3. The number of ether oxygens (including phenoxy) is 3. The number of para-hydroxylation sites is 1. The molecule has 2 aromatic carbocycles. The van der Waals surface area contributed by atoms with Gasteiger partial charge in [-0.1, -0.05) is 23.5 Å². The second-order valence-corrected chi connectivity index (χ2v) is 12.5. The number of carbonyl (C=O) groups excluding carboxylic acids is 2. The average Bonchev–Trinajstić information content (AvgIpc) is 3.56. The second-order valence-electron chi connectivity index (χ2n) is 11.5. The molecule has 0 spiro atoms. The number of piperazine rings is 1. The summed E-state index contributed by atoms with van der Waals surface area (Å²) in [6, 6.07) is 16.2. The molecule has 2 amide bonds. The van der Waals surface area contributed by atoms with Gasteiger partial charge in [0.25, 0.3) is 5.19 Å². The van der Waals surface area contributed by atoms with E-state index in [4.69, 9.17) is 14.2 Å². The molecule has 9 nitrogen and oxygen atoms in total. The van der Waals surface area contributed by atoms with Gasteiger partial charge in [0.1, 0.15) is 23.7 Å². The first-order valence-electron chi connectivity index (χ1n) is 13.5. The summed E-state index contributed by atoms with van der Waals surface area (Å²) in [6.45, 7) is 9.48. The van der Waals surface area contributed by atoms with Gasteiger partial charge in [0.15, 0.2) is 0 Å². The van der Waals surface area contributed by atoms with Crippen LogP contribution in [0.15, 0.2) is 48.5 Å². The summed E-state index contributed by atoms with van der Waals surface area (Å²) in [5.74, 6) is 1.58. The lowest BCUT2D eigenvalue weighted by atomic mass is 9.98. The van der Waals surface area contributed by atoms with Gasteiger partial charge >= 0.3 is 6.09 Å². The van der Waals surface area contributed by atoms with Gasteiger partial charge in [-0.15, -0.1) is 0 Å². The molecule has 3 saturated heterocycles. The standard InChI is InChI=1S/C29H34N4O5S/c1-29(2,3)38-28(35)32-15-19(16-32)26(34)33-18-20-14-21(33)17-31(20)12-13-36-22-8-10-23(11-9-22)37-27-30-24-6-4-5-7-25(24)39-27/h4-11,19-21H,12-18H2,1-3H3/t20-,21+/m1/s1. The predicted octanol–water partition coefficient (Wildman–Crippen LogP) is 4.62. The Hall–Kier alpha value is -3.37. The first-order chi connectivity index (χ1) is 18.7. The minimum Gasteiger partial charge on any atom is -0.492 e. The van der Waals surface area contributed by atoms with E-state index in [1.54, 1.807) is 4.90 Å². The molecule has 10 heteroatoms. The quantitative estimate of drug-likeness (QED) is 0.425. The highest BCUT2D eigenvalue weighted by atomic mass is 32.1. The molecule has 0 saturated carbocycles. The van der Waals surface area contributed by atoms with Crippen LogP contribution >= 0.6 is 11.3 Å². The van der Waals surface area contributed by atoms with E-state index in [1.807, 2.05) is 74.2 Å². The van der Waals surface area contributed by atoms with Crippen molar-refractivity contribution in [2.45, 2.75) is 44.9 Å². The molecule has 4 heterocycles. The molecule has 2 atom stereocenters. The third-order valence-electron chi connectivity index (χ3n) is 7.47. The first kappa shape index (κ1) is 25.9. The number of fused-ring (bicyclic) bond motifs is 3. The number of benzene rings is 2. The number of rotatable bonds is 7. The predicted molar refractivity (Wildman–Crippen MR) is 148 cm³/mol. The van der Waals surface area contributed by atoms with E-state index in [-0.39, 0.29) is 24.0 Å². The summed E-state index contributed by atoms with van der Waals surface area (Å²) >= 11 is 1.53. The molecular weight excluding hydrogens is 516 g/mol. The molecule has 0 radical (unpaired) electrons. The number of aromatic nitrogens is 1. The zero-order valence-corrected chi connectivity index (χ0v) is 23.4. The van der Waals surface area contributed by atoms with Gasteiger partial charge in [0.05, 0.1) is 16.1 Å². The summed E-state index contributed by atoms with van der Waals surface area (Å²) in [5, 5.41) is 0.624. The molecule has 3 aliphatic heterocycles. The average molecular weight is 551 g/mol. The van der Waals surface area contributed by atoms with Gasteiger partial charge in [-0.05, 0) is 63.6 Å². The molecule has 3 fully saturated rings. The van der Waals surface area contributed by atoms with Gasteiger partial charge in [-0.2, -0.15) is 0 Å². The van der Waals surface area contributed by atoms with E-state index in [0.717, 1.165) is 47.8 Å². The van der Waals surface area contributed by atoms with Crippen LogP contribution in [0.5, 0.6) is 16.7 Å². The Kier molecular flexibility index (Phi) is 6.84. The monoisotopic (exact) mass is 550 g/mol. The highest BCUT2D eigenvalue weighted by molar-refractivity contribution is 7.20. The molecule has 0 N–H and O–H groups in total. The molecule has 0 aliphatic carbocycles. The largest absolute Gasteiger partial charge is 0.492 e. The topological polar surface area (TPSA) is 84.4 Å². The fraction of sp³-hybridized carbons (Fsp3) is 0.483. The molecule has 3 aliphatic rings. The lowest BCUT2D eigenvalue weighted by Gasteiger charge is -2.42. The van der Waals surface area contributed by atoms with Crippen molar-refractivity contribution in [3.63, 3.8) is 0 Å². The van der Waals surface area contributed by atoms with Crippen LogP contribution in [0.2, 0.25) is 0 Å². The molecule has 2 bridgehead atoms. The van der Waals surface area contributed by atoms with Crippen molar-refractivity contribution in [1.82, 2.24) is 19.7 Å². The highest BCUT2D eigenvalue weighted by Crippen LogP contribution is 2.34. The zero-order chi connectivity index (χ0) is 27.1. The third kappa shape index (κ3) is 5.67. The minimum absolute atomic E-state index is 0.116. The van der Waals surface area contributed by atoms with E-state index in [0.29, 0.717) is 30.9 Å². The number of nitrogens with zero attached hydrogens (tertiary/aromatic N) is 4. The molecular formula is C29H34N4O5S. The van der Waals surface area contributed by atoms with Gasteiger partial charge in [-0.3, -0.25) is 9.69 Å². The smallest absolute Gasteiger partial charge is 0.410 e. The van der Waals surface area contributed by atoms with Crippen molar-refractivity contribution in [2.75, 3.05) is 39.3 Å². The summed E-state index contributed by atoms with van der Waals surface area (Å²) < 4.78 is 18.4. The maximum Gasteiger partial charge on any atom is 0.410 e. The Morgan fingerprint density at radius 2 is 1.72 bits per heavy atom. The Morgan fingerprint density at radius 1 is 0.974 bits per heavy atom. The van der Waals surface area contributed by atoms with Crippen molar-refractivity contribution in [1.29, 1.82) is 0 Å². The molecule has 1 aromatic heterocycles. The zero-order valence-electron chi connectivity index (χ0n) is 22.5. The molecule has 39 heavy (non-hydrogen) atoms. The molecule has 3 aromatic rings. The summed E-state index contributed by atoms with van der Waals surface area (Å²) in [7, 11) is 0. The Labute approximate surface area is 232 Å². The molecule has 206 valence electrons. The van der Waals surface area contributed by atoms with Crippen molar-refractivity contribution in [2.24, 2.45) is 5.92 Å². The Balaban J connectivity index is 0.920. The van der Waals surface area contributed by atoms with Crippen LogP contribution < -0.4 is 9.47 Å². The summed E-state index contributed by atoms with van der Waals surface area (Å²) in [5.41, 5.74) is 0.414. The van der Waals surface area contributed by atoms with Crippen LogP contribution in [-0.2, 0) is 9.53 Å². The number of hydrogen-bond donors (Lipinski definition) is 0. The minimum atomic E-state index is -0.525. The van der Waals surface area contributed by atoms with Gasteiger partial charge in [0.2, 0.25) is 5.91 Å². The van der Waals surface area contributed by atoms with E-state index >= 15 is 0 Å². The van der Waals surface area contributed by atoms with E-state index in [1.165, 1.54) is 11.3 Å². The molecule has 6 rings (SSSR count). The fourth-order valence-electron chi connectivity index (χ4n) is 5.52. The van der Waals surface area contributed by atoms with Crippen LogP contribution in [0.25, 0.3) is 10.2 Å². The highest BCUT2D eigenvalue weighted by Gasteiger charge is 2.48. The van der Waals surface area contributed by atoms with Crippen LogP contribution in [0.4, 0.5) is 4.79 Å². The van der Waals surface area contributed by atoms with Crippen LogP contribution in [0.1, 0.15) is 27.2 Å². The molecule has 0 unspecified atom stereocenters. The fourth-order valence-corrected chi connectivity index (χ4v) is 6.35. The van der Waals surface area contributed by atoms with Gasteiger partial charge in [-0.25, -0.2) is 9.78 Å². The maximum atomic E-state index is 13.1. The van der Waals surface area contributed by atoms with Gasteiger partial charge < -0.3 is 24.0 Å². The van der Waals surface area contributed by atoms with E-state index in [9.17, 15) is 9.59 Å². The van der Waals surface area contributed by atoms with E-state index in [2.05, 4.69) is 9.88 Å². The van der Waals surface area contributed by atoms with Crippen molar-refractivity contribution < 1.29 is 23.8 Å². The van der Waals surface area contributed by atoms with Crippen LogP contribution in [0.3, 0.4) is 0 Å². The Bertz CT molecular complexity index is 1310. The second kappa shape index (κ2) is 10.3. The van der Waals surface area contributed by atoms with Crippen molar-refractivity contribution >= 4 is 33.6 Å². The third-order valence-corrected chi connectivity index (χ3v) is 8.38. The summed E-state index contributed by atoms with van der Waals surface area (Å²) in [4.78, 5) is 35.8. The normalized spacial score (nSPS) is 21.3. The lowest BCUT2D eigenvalue weighted by Crippen LogP contribution is -2.59. The number of hydrogen-bond acceptors (Lipinski definition) is 8. The number of amides is 2. The van der Waals surface area contributed by atoms with Gasteiger partial charge in [0, 0.05) is 44.8 Å². The van der Waals surface area contributed by atoms with Crippen molar-refractivity contribution in [3.8, 4) is 16.7 Å². The van der Waals surface area contributed by atoms with Crippen molar-refractivity contribution in [3.05, 3.63) is 48.5 Å². The number of likely N-dealkylation sites (tertiary alicyclic amines) is 3. The maximum absolute atomic E-state index is 13.1. The Morgan fingerprint density at radius 3 is 2.41 bits per heavy atom. The number of carbonyl (C=O) groups is 2. The number of thiazole rings is 1. The summed E-state index contributed by atoms with van der Waals surface area (Å²) in [6.07, 6.45) is 0.669. The van der Waals surface area contributed by atoms with Crippen LogP contribution in [0, 0.1) is 5.92 Å². The lowest BCUT2D eigenvalue weighted by molar-refractivity contribution is -0.143.